The van der Waals surface area contributed by atoms with Gasteiger partial charge in [0, 0.05) is 36.7 Å². The van der Waals surface area contributed by atoms with E-state index in [-0.39, 0.29) is 24.5 Å². The zero-order valence-corrected chi connectivity index (χ0v) is 19.3. The van der Waals surface area contributed by atoms with Gasteiger partial charge in [0.15, 0.2) is 23.0 Å². The Kier molecular flexibility index (Phi) is 6.91. The van der Waals surface area contributed by atoms with Crippen molar-refractivity contribution in [1.29, 1.82) is 0 Å². The van der Waals surface area contributed by atoms with Crippen LogP contribution in [-0.2, 0) is 4.79 Å². The summed E-state index contributed by atoms with van der Waals surface area (Å²) in [5.41, 5.74) is 1.36. The maximum Gasteiger partial charge on any atom is 0.254 e. The standard InChI is InChI=1S/C25H30N2O6/c1-4-5-11-26-24(28)19-14-27(25(29)16-9-10-20-22(12-16)33-15-32-20)13-18(19)17-7-6-8-21(30-2)23(17)31-3/h6-10,12,18-19H,4-5,11,13-15H2,1-3H3,(H,26,28). The fourth-order valence-electron chi connectivity index (χ4n) is 4.49. The molecule has 2 aromatic carbocycles. The number of para-hydroxylation sites is 1. The van der Waals surface area contributed by atoms with E-state index < -0.39 is 5.92 Å². The minimum atomic E-state index is -0.402. The van der Waals surface area contributed by atoms with Crippen LogP contribution in [0.2, 0.25) is 0 Å². The van der Waals surface area contributed by atoms with Gasteiger partial charge in [-0.2, -0.15) is 0 Å². The Bertz CT molecular complexity index is 1020. The highest BCUT2D eigenvalue weighted by atomic mass is 16.7. The van der Waals surface area contributed by atoms with Crippen LogP contribution in [0.25, 0.3) is 0 Å². The number of methoxy groups -OCH3 is 2. The first-order chi connectivity index (χ1) is 16.1. The third-order valence-electron chi connectivity index (χ3n) is 6.23. The van der Waals surface area contributed by atoms with Gasteiger partial charge in [-0.3, -0.25) is 9.59 Å². The number of carbonyl (C=O) groups is 2. The van der Waals surface area contributed by atoms with Gasteiger partial charge in [0.2, 0.25) is 12.7 Å². The Labute approximate surface area is 193 Å². The first kappa shape index (κ1) is 22.8. The lowest BCUT2D eigenvalue weighted by Crippen LogP contribution is -2.36. The molecule has 0 aromatic heterocycles. The lowest BCUT2D eigenvalue weighted by Gasteiger charge is -2.21. The molecule has 0 bridgehead atoms. The zero-order valence-electron chi connectivity index (χ0n) is 19.3. The van der Waals surface area contributed by atoms with Gasteiger partial charge in [-0.15, -0.1) is 0 Å². The molecule has 2 aliphatic heterocycles. The summed E-state index contributed by atoms with van der Waals surface area (Å²) in [7, 11) is 3.17. The summed E-state index contributed by atoms with van der Waals surface area (Å²) in [6, 6.07) is 10.8. The molecular formula is C25H30N2O6. The van der Waals surface area contributed by atoms with Crippen LogP contribution in [-0.4, -0.2) is 57.4 Å². The number of hydrogen-bond donors (Lipinski definition) is 1. The third kappa shape index (κ3) is 4.55. The van der Waals surface area contributed by atoms with Crippen molar-refractivity contribution < 1.29 is 28.5 Å². The van der Waals surface area contributed by atoms with E-state index in [9.17, 15) is 9.59 Å². The Morgan fingerprint density at radius 3 is 2.67 bits per heavy atom. The Morgan fingerprint density at radius 2 is 1.91 bits per heavy atom. The van der Waals surface area contributed by atoms with Gasteiger partial charge in [0.1, 0.15) is 0 Å². The van der Waals surface area contributed by atoms with Gasteiger partial charge >= 0.3 is 0 Å². The first-order valence-electron chi connectivity index (χ1n) is 11.2. The fourth-order valence-corrected chi connectivity index (χ4v) is 4.49. The van der Waals surface area contributed by atoms with E-state index in [2.05, 4.69) is 12.2 Å². The molecule has 0 saturated carbocycles. The zero-order chi connectivity index (χ0) is 23.4. The van der Waals surface area contributed by atoms with E-state index >= 15 is 0 Å². The van der Waals surface area contributed by atoms with Crippen molar-refractivity contribution in [3.8, 4) is 23.0 Å². The summed E-state index contributed by atoms with van der Waals surface area (Å²) in [6.45, 7) is 3.55. The number of ether oxygens (including phenoxy) is 4. The van der Waals surface area contributed by atoms with Crippen LogP contribution in [0.15, 0.2) is 36.4 Å². The predicted molar refractivity (Wildman–Crippen MR) is 122 cm³/mol. The maximum atomic E-state index is 13.4. The van der Waals surface area contributed by atoms with E-state index in [0.29, 0.717) is 48.2 Å². The maximum absolute atomic E-state index is 13.4. The SMILES string of the molecule is CCCCNC(=O)C1CN(C(=O)c2ccc3c(c2)OCO3)CC1c1cccc(OC)c1OC. The van der Waals surface area contributed by atoms with Crippen molar-refractivity contribution in [2.24, 2.45) is 5.92 Å². The van der Waals surface area contributed by atoms with Gasteiger partial charge in [0.05, 0.1) is 20.1 Å². The molecule has 8 nitrogen and oxygen atoms in total. The van der Waals surface area contributed by atoms with Crippen LogP contribution in [0.4, 0.5) is 0 Å². The number of nitrogens with zero attached hydrogens (tertiary/aromatic N) is 1. The molecule has 33 heavy (non-hydrogen) atoms. The van der Waals surface area contributed by atoms with Gasteiger partial charge in [-0.05, 0) is 30.7 Å². The van der Waals surface area contributed by atoms with Gasteiger partial charge in [0.25, 0.3) is 5.91 Å². The second-order valence-corrected chi connectivity index (χ2v) is 8.22. The molecule has 0 spiro atoms. The number of rotatable bonds is 8. The fraction of sp³-hybridized carbons (Fsp3) is 0.440. The van der Waals surface area contributed by atoms with Crippen molar-refractivity contribution in [3.05, 3.63) is 47.5 Å². The molecule has 1 N–H and O–H groups in total. The van der Waals surface area contributed by atoms with E-state index in [4.69, 9.17) is 18.9 Å². The largest absolute Gasteiger partial charge is 0.493 e. The van der Waals surface area contributed by atoms with Crippen molar-refractivity contribution in [1.82, 2.24) is 10.2 Å². The van der Waals surface area contributed by atoms with Gasteiger partial charge in [-0.25, -0.2) is 0 Å². The molecule has 176 valence electrons. The summed E-state index contributed by atoms with van der Waals surface area (Å²) >= 11 is 0. The van der Waals surface area contributed by atoms with Crippen LogP contribution in [0.5, 0.6) is 23.0 Å². The molecule has 4 rings (SSSR count). The first-order valence-corrected chi connectivity index (χ1v) is 11.2. The quantitative estimate of drug-likeness (QED) is 0.617. The van der Waals surface area contributed by atoms with Crippen LogP contribution in [0.1, 0.15) is 41.6 Å². The van der Waals surface area contributed by atoms with Crippen LogP contribution in [0, 0.1) is 5.92 Å². The smallest absolute Gasteiger partial charge is 0.254 e. The molecule has 1 fully saturated rings. The van der Waals surface area contributed by atoms with E-state index in [1.807, 2.05) is 18.2 Å². The minimum absolute atomic E-state index is 0.0562. The molecule has 1 saturated heterocycles. The normalized spacial score (nSPS) is 18.8. The Hall–Kier alpha value is -3.42. The third-order valence-corrected chi connectivity index (χ3v) is 6.23. The number of amides is 2. The van der Waals surface area contributed by atoms with E-state index in [1.54, 1.807) is 37.3 Å². The van der Waals surface area contributed by atoms with Crippen LogP contribution >= 0.6 is 0 Å². The van der Waals surface area contributed by atoms with Crippen molar-refractivity contribution in [2.75, 3.05) is 40.6 Å². The summed E-state index contributed by atoms with van der Waals surface area (Å²) in [5.74, 6) is 1.54. The van der Waals surface area contributed by atoms with Crippen LogP contribution in [0.3, 0.4) is 0 Å². The minimum Gasteiger partial charge on any atom is -0.493 e. The summed E-state index contributed by atoms with van der Waals surface area (Å²) in [5, 5.41) is 3.04. The molecule has 2 amide bonds. The van der Waals surface area contributed by atoms with Crippen molar-refractivity contribution in [3.63, 3.8) is 0 Å². The average Bonchev–Trinajstić information content (AvgIpc) is 3.50. The average molecular weight is 455 g/mol. The molecule has 2 aromatic rings. The van der Waals surface area contributed by atoms with E-state index in [0.717, 1.165) is 18.4 Å². The molecule has 2 atom stereocenters. The highest BCUT2D eigenvalue weighted by molar-refractivity contribution is 5.96. The number of likely N-dealkylation sites (tertiary alicyclic amines) is 1. The second kappa shape index (κ2) is 10.0. The number of unbranched alkanes of at least 4 members (excludes halogenated alkanes) is 1. The molecule has 2 unspecified atom stereocenters. The monoisotopic (exact) mass is 454 g/mol. The number of carbonyl (C=O) groups excluding carboxylic acids is 2. The number of nitrogens with one attached hydrogen (secondary N) is 1. The van der Waals surface area contributed by atoms with E-state index in [1.165, 1.54) is 0 Å². The summed E-state index contributed by atoms with van der Waals surface area (Å²) in [4.78, 5) is 28.3. The predicted octanol–water partition coefficient (Wildman–Crippen LogP) is 3.20. The number of benzene rings is 2. The van der Waals surface area contributed by atoms with Crippen LogP contribution < -0.4 is 24.3 Å². The highest BCUT2D eigenvalue weighted by Crippen LogP contribution is 2.42. The number of hydrogen-bond acceptors (Lipinski definition) is 6. The lowest BCUT2D eigenvalue weighted by atomic mass is 9.87. The lowest BCUT2D eigenvalue weighted by molar-refractivity contribution is -0.124. The summed E-state index contributed by atoms with van der Waals surface area (Å²) < 4.78 is 21.9. The molecule has 8 heteroatoms. The molecule has 0 radical (unpaired) electrons. The molecular weight excluding hydrogens is 424 g/mol. The molecule has 2 heterocycles. The molecule has 0 aliphatic carbocycles. The van der Waals surface area contributed by atoms with Crippen molar-refractivity contribution in [2.45, 2.75) is 25.7 Å². The number of fused-ring (bicyclic) bond motifs is 1. The van der Waals surface area contributed by atoms with Crippen molar-refractivity contribution >= 4 is 11.8 Å². The highest BCUT2D eigenvalue weighted by Gasteiger charge is 2.42. The Balaban J connectivity index is 1.63. The Morgan fingerprint density at radius 1 is 1.09 bits per heavy atom. The molecule has 2 aliphatic rings. The van der Waals surface area contributed by atoms with Gasteiger partial charge in [-0.1, -0.05) is 25.5 Å². The second-order valence-electron chi connectivity index (χ2n) is 8.22. The topological polar surface area (TPSA) is 86.3 Å². The summed E-state index contributed by atoms with van der Waals surface area (Å²) in [6.07, 6.45) is 1.90. The van der Waals surface area contributed by atoms with Gasteiger partial charge < -0.3 is 29.2 Å².